The van der Waals surface area contributed by atoms with Crippen LogP contribution in [0.2, 0.25) is 0 Å². The third-order valence-corrected chi connectivity index (χ3v) is 3.38. The second kappa shape index (κ2) is 6.16. The summed E-state index contributed by atoms with van der Waals surface area (Å²) in [5, 5.41) is 14.4. The monoisotopic (exact) mass is 324 g/mol. The van der Waals surface area contributed by atoms with E-state index in [1.54, 1.807) is 0 Å². The molecule has 1 heterocycles. The first-order valence-corrected chi connectivity index (χ1v) is 6.99. The van der Waals surface area contributed by atoms with E-state index in [9.17, 15) is 0 Å². The lowest BCUT2D eigenvalue weighted by Gasteiger charge is -2.07. The zero-order chi connectivity index (χ0) is 13.8. The molecule has 6 heteroatoms. The van der Waals surface area contributed by atoms with Crippen LogP contribution >= 0.6 is 15.9 Å². The largest absolute Gasteiger partial charge is 0.406 e. The Labute approximate surface area is 120 Å². The first kappa shape index (κ1) is 14.0. The van der Waals surface area contributed by atoms with Gasteiger partial charge in [-0.3, -0.25) is 0 Å². The highest BCUT2D eigenvalue weighted by Crippen LogP contribution is 2.26. The van der Waals surface area contributed by atoms with E-state index >= 15 is 0 Å². The molecule has 0 aliphatic heterocycles. The standard InChI is InChI=1S/C13H17BrN4O/c1-4-15-9(3)12-17-18-13(19-12)16-11-7-8(2)5-6-10(11)14/h5-7,9,15H,4H2,1-3H3,(H,16,18). The molecule has 0 amide bonds. The minimum Gasteiger partial charge on any atom is -0.406 e. The normalized spacial score (nSPS) is 12.4. The lowest BCUT2D eigenvalue weighted by Crippen LogP contribution is -2.17. The number of aromatic nitrogens is 2. The quantitative estimate of drug-likeness (QED) is 0.880. The third-order valence-electron chi connectivity index (χ3n) is 2.68. The molecule has 2 rings (SSSR count). The molecule has 2 aromatic rings. The Kier molecular flexibility index (Phi) is 4.55. The van der Waals surface area contributed by atoms with Crippen LogP contribution < -0.4 is 10.6 Å². The van der Waals surface area contributed by atoms with E-state index < -0.39 is 0 Å². The number of anilines is 2. The highest BCUT2D eigenvalue weighted by molar-refractivity contribution is 9.10. The van der Waals surface area contributed by atoms with Crippen molar-refractivity contribution in [3.63, 3.8) is 0 Å². The van der Waals surface area contributed by atoms with Gasteiger partial charge in [-0.15, -0.1) is 5.10 Å². The lowest BCUT2D eigenvalue weighted by atomic mass is 10.2. The molecule has 0 aliphatic rings. The van der Waals surface area contributed by atoms with Crippen LogP contribution in [0.3, 0.4) is 0 Å². The maximum absolute atomic E-state index is 5.58. The van der Waals surface area contributed by atoms with Crippen LogP contribution in [0.5, 0.6) is 0 Å². The molecule has 0 fully saturated rings. The van der Waals surface area contributed by atoms with Crippen LogP contribution in [0.15, 0.2) is 27.1 Å². The molecule has 0 bridgehead atoms. The van der Waals surface area contributed by atoms with Crippen molar-refractivity contribution >= 4 is 27.6 Å². The third kappa shape index (κ3) is 3.54. The highest BCUT2D eigenvalue weighted by atomic mass is 79.9. The summed E-state index contributed by atoms with van der Waals surface area (Å²) in [4.78, 5) is 0. The van der Waals surface area contributed by atoms with Gasteiger partial charge in [0.2, 0.25) is 5.89 Å². The molecule has 0 aliphatic carbocycles. The minimum absolute atomic E-state index is 0.0500. The molecule has 5 nitrogen and oxygen atoms in total. The molecule has 1 atom stereocenters. The number of hydrogen-bond acceptors (Lipinski definition) is 5. The van der Waals surface area contributed by atoms with Gasteiger partial charge in [0.25, 0.3) is 0 Å². The van der Waals surface area contributed by atoms with Crippen molar-refractivity contribution in [3.05, 3.63) is 34.1 Å². The SMILES string of the molecule is CCNC(C)c1nnc(Nc2cc(C)ccc2Br)o1. The van der Waals surface area contributed by atoms with Gasteiger partial charge in [-0.1, -0.05) is 18.1 Å². The van der Waals surface area contributed by atoms with Crippen molar-refractivity contribution in [2.24, 2.45) is 0 Å². The Bertz CT molecular complexity index is 555. The second-order valence-electron chi connectivity index (χ2n) is 4.33. The van der Waals surface area contributed by atoms with E-state index in [4.69, 9.17) is 4.42 Å². The smallest absolute Gasteiger partial charge is 0.320 e. The van der Waals surface area contributed by atoms with Crippen molar-refractivity contribution in [2.75, 3.05) is 11.9 Å². The molecular formula is C13H17BrN4O. The van der Waals surface area contributed by atoms with E-state index in [2.05, 4.69) is 36.8 Å². The van der Waals surface area contributed by atoms with Gasteiger partial charge in [-0.25, -0.2) is 0 Å². The second-order valence-corrected chi connectivity index (χ2v) is 5.19. The molecule has 0 spiro atoms. The van der Waals surface area contributed by atoms with E-state index in [1.165, 1.54) is 0 Å². The van der Waals surface area contributed by atoms with Gasteiger partial charge in [0, 0.05) is 4.47 Å². The minimum atomic E-state index is 0.0500. The number of nitrogens with one attached hydrogen (secondary N) is 2. The van der Waals surface area contributed by atoms with Crippen LogP contribution in [0, 0.1) is 6.92 Å². The van der Waals surface area contributed by atoms with E-state index in [0.717, 1.165) is 22.3 Å². The number of nitrogens with zero attached hydrogens (tertiary/aromatic N) is 2. The topological polar surface area (TPSA) is 63.0 Å². The summed E-state index contributed by atoms with van der Waals surface area (Å²) < 4.78 is 6.54. The van der Waals surface area contributed by atoms with E-state index in [-0.39, 0.29) is 6.04 Å². The van der Waals surface area contributed by atoms with Gasteiger partial charge in [0.15, 0.2) is 0 Å². The van der Waals surface area contributed by atoms with Crippen LogP contribution in [-0.4, -0.2) is 16.7 Å². The fourth-order valence-corrected chi connectivity index (χ4v) is 2.05. The molecule has 0 radical (unpaired) electrons. The number of rotatable bonds is 5. The predicted octanol–water partition coefficient (Wildman–Crippen LogP) is 3.55. The number of halogens is 1. The molecule has 2 N–H and O–H groups in total. The van der Waals surface area contributed by atoms with Gasteiger partial charge in [0.05, 0.1) is 11.7 Å². The number of hydrogen-bond donors (Lipinski definition) is 2. The zero-order valence-corrected chi connectivity index (χ0v) is 12.8. The molecule has 1 aromatic heterocycles. The van der Waals surface area contributed by atoms with E-state index in [1.807, 2.05) is 39.0 Å². The first-order chi connectivity index (χ1) is 9.10. The van der Waals surface area contributed by atoms with E-state index in [0.29, 0.717) is 11.9 Å². The van der Waals surface area contributed by atoms with Crippen molar-refractivity contribution < 1.29 is 4.42 Å². The Morgan fingerprint density at radius 3 is 2.89 bits per heavy atom. The van der Waals surface area contributed by atoms with Gasteiger partial charge in [-0.2, -0.15) is 0 Å². The van der Waals surface area contributed by atoms with Gasteiger partial charge in [0.1, 0.15) is 0 Å². The maximum atomic E-state index is 5.58. The summed E-state index contributed by atoms with van der Waals surface area (Å²) in [6.07, 6.45) is 0. The average molecular weight is 325 g/mol. The molecule has 0 saturated heterocycles. The van der Waals surface area contributed by atoms with Gasteiger partial charge in [-0.05, 0) is 54.0 Å². The highest BCUT2D eigenvalue weighted by Gasteiger charge is 2.13. The number of aryl methyl sites for hydroxylation is 1. The van der Waals surface area contributed by atoms with Crippen molar-refractivity contribution in [2.45, 2.75) is 26.8 Å². The van der Waals surface area contributed by atoms with Crippen molar-refractivity contribution in [1.29, 1.82) is 0 Å². The van der Waals surface area contributed by atoms with Crippen molar-refractivity contribution in [3.8, 4) is 0 Å². The average Bonchev–Trinajstić information content (AvgIpc) is 2.83. The van der Waals surface area contributed by atoms with Crippen LogP contribution in [0.1, 0.15) is 31.3 Å². The fourth-order valence-electron chi connectivity index (χ4n) is 1.70. The van der Waals surface area contributed by atoms with Gasteiger partial charge < -0.3 is 15.1 Å². The van der Waals surface area contributed by atoms with Crippen molar-refractivity contribution in [1.82, 2.24) is 15.5 Å². The molecule has 19 heavy (non-hydrogen) atoms. The fraction of sp³-hybridized carbons (Fsp3) is 0.385. The van der Waals surface area contributed by atoms with Gasteiger partial charge >= 0.3 is 6.01 Å². The predicted molar refractivity (Wildman–Crippen MR) is 78.6 cm³/mol. The first-order valence-electron chi connectivity index (χ1n) is 6.20. The Morgan fingerprint density at radius 1 is 1.37 bits per heavy atom. The Balaban J connectivity index is 2.13. The summed E-state index contributed by atoms with van der Waals surface area (Å²) >= 11 is 3.48. The number of benzene rings is 1. The Hall–Kier alpha value is -1.40. The summed E-state index contributed by atoms with van der Waals surface area (Å²) in [5.74, 6) is 0.577. The summed E-state index contributed by atoms with van der Waals surface area (Å²) in [7, 11) is 0. The summed E-state index contributed by atoms with van der Waals surface area (Å²) in [5.41, 5.74) is 2.07. The van der Waals surface area contributed by atoms with Crippen LogP contribution in [0.4, 0.5) is 11.7 Å². The zero-order valence-electron chi connectivity index (χ0n) is 11.2. The molecule has 1 unspecified atom stereocenters. The summed E-state index contributed by atoms with van der Waals surface area (Å²) in [6, 6.07) is 6.47. The molecule has 1 aromatic carbocycles. The van der Waals surface area contributed by atoms with Crippen LogP contribution in [-0.2, 0) is 0 Å². The van der Waals surface area contributed by atoms with Crippen LogP contribution in [0.25, 0.3) is 0 Å². The summed E-state index contributed by atoms with van der Waals surface area (Å²) in [6.45, 7) is 6.92. The lowest BCUT2D eigenvalue weighted by molar-refractivity contribution is 0.430. The Morgan fingerprint density at radius 2 is 2.16 bits per heavy atom. The molecular weight excluding hydrogens is 308 g/mol. The maximum Gasteiger partial charge on any atom is 0.320 e. The molecule has 102 valence electrons. The molecule has 0 saturated carbocycles.